The molecule has 0 radical (unpaired) electrons. The van der Waals surface area contributed by atoms with Crippen LogP contribution in [0.1, 0.15) is 57.1 Å². The molecule has 1 saturated heterocycles. The van der Waals surface area contributed by atoms with Crippen LogP contribution in [0.5, 0.6) is 0 Å². The molecule has 0 aliphatic carbocycles. The minimum absolute atomic E-state index is 0.0783. The lowest BCUT2D eigenvalue weighted by atomic mass is 10.1. The zero-order chi connectivity index (χ0) is 18.6. The molecular weight excluding hydrogens is 326 g/mol. The summed E-state index contributed by atoms with van der Waals surface area (Å²) in [6.45, 7) is 9.47. The Bertz CT molecular complexity index is 512. The first-order valence-corrected chi connectivity index (χ1v) is 10.1. The van der Waals surface area contributed by atoms with Gasteiger partial charge in [-0.05, 0) is 24.5 Å². The third kappa shape index (κ3) is 8.19. The SMILES string of the molecule is CCCCCCC(C)NC(=O)NCc1ccc(CN2CCOCC2)cc1. The molecule has 26 heavy (non-hydrogen) atoms. The molecule has 1 fully saturated rings. The Balaban J connectivity index is 1.64. The van der Waals surface area contributed by atoms with Crippen LogP contribution in [0.4, 0.5) is 4.79 Å². The van der Waals surface area contributed by atoms with E-state index >= 15 is 0 Å². The van der Waals surface area contributed by atoms with Crippen LogP contribution in [-0.4, -0.2) is 43.3 Å². The Morgan fingerprint density at radius 1 is 1.12 bits per heavy atom. The van der Waals surface area contributed by atoms with Gasteiger partial charge >= 0.3 is 6.03 Å². The van der Waals surface area contributed by atoms with Crippen LogP contribution in [0, 0.1) is 0 Å². The third-order valence-corrected chi connectivity index (χ3v) is 4.85. The summed E-state index contributed by atoms with van der Waals surface area (Å²) in [6, 6.07) is 8.66. The molecule has 1 heterocycles. The number of morpholine rings is 1. The summed E-state index contributed by atoms with van der Waals surface area (Å²) >= 11 is 0. The number of rotatable bonds is 10. The van der Waals surface area contributed by atoms with Crippen LogP contribution < -0.4 is 10.6 Å². The third-order valence-electron chi connectivity index (χ3n) is 4.85. The van der Waals surface area contributed by atoms with Crippen LogP contribution in [0.3, 0.4) is 0 Å². The average Bonchev–Trinajstić information content (AvgIpc) is 2.65. The minimum atomic E-state index is -0.0783. The van der Waals surface area contributed by atoms with Gasteiger partial charge in [-0.25, -0.2) is 4.79 Å². The number of carbonyl (C=O) groups is 1. The van der Waals surface area contributed by atoms with Crippen molar-refractivity contribution in [3.8, 4) is 0 Å². The van der Waals surface area contributed by atoms with Gasteiger partial charge in [0.1, 0.15) is 0 Å². The number of hydrogen-bond acceptors (Lipinski definition) is 3. The van der Waals surface area contributed by atoms with Crippen LogP contribution in [0.15, 0.2) is 24.3 Å². The van der Waals surface area contributed by atoms with E-state index in [9.17, 15) is 4.79 Å². The van der Waals surface area contributed by atoms with Gasteiger partial charge in [-0.3, -0.25) is 4.90 Å². The van der Waals surface area contributed by atoms with Crippen molar-refractivity contribution in [1.29, 1.82) is 0 Å². The molecule has 1 atom stereocenters. The molecule has 2 rings (SSSR count). The Kier molecular flexibility index (Phi) is 9.50. The first-order valence-electron chi connectivity index (χ1n) is 10.1. The first kappa shape index (κ1) is 20.7. The number of nitrogens with one attached hydrogen (secondary N) is 2. The summed E-state index contributed by atoms with van der Waals surface area (Å²) in [4.78, 5) is 14.4. The van der Waals surface area contributed by atoms with Crippen molar-refractivity contribution < 1.29 is 9.53 Å². The maximum atomic E-state index is 12.0. The number of urea groups is 1. The number of amides is 2. The van der Waals surface area contributed by atoms with Gasteiger partial charge in [-0.2, -0.15) is 0 Å². The monoisotopic (exact) mass is 361 g/mol. The van der Waals surface area contributed by atoms with Crippen molar-refractivity contribution in [1.82, 2.24) is 15.5 Å². The Labute approximate surface area is 158 Å². The summed E-state index contributed by atoms with van der Waals surface area (Å²) in [5, 5.41) is 5.98. The zero-order valence-corrected chi connectivity index (χ0v) is 16.4. The van der Waals surface area contributed by atoms with Crippen LogP contribution in [0.2, 0.25) is 0 Å². The fraction of sp³-hybridized carbons (Fsp3) is 0.667. The number of hydrogen-bond donors (Lipinski definition) is 2. The molecule has 146 valence electrons. The lowest BCUT2D eigenvalue weighted by Crippen LogP contribution is -2.40. The summed E-state index contributed by atoms with van der Waals surface area (Å²) in [6.07, 6.45) is 6.00. The topological polar surface area (TPSA) is 53.6 Å². The van der Waals surface area contributed by atoms with Crippen molar-refractivity contribution in [2.75, 3.05) is 26.3 Å². The van der Waals surface area contributed by atoms with E-state index < -0.39 is 0 Å². The first-order chi connectivity index (χ1) is 12.7. The van der Waals surface area contributed by atoms with E-state index in [4.69, 9.17) is 4.74 Å². The largest absolute Gasteiger partial charge is 0.379 e. The van der Waals surface area contributed by atoms with Crippen molar-refractivity contribution in [2.24, 2.45) is 0 Å². The zero-order valence-electron chi connectivity index (χ0n) is 16.4. The highest BCUT2D eigenvalue weighted by Gasteiger charge is 2.10. The Morgan fingerprint density at radius 2 is 1.81 bits per heavy atom. The second kappa shape index (κ2) is 11.9. The molecule has 1 aromatic rings. The highest BCUT2D eigenvalue weighted by molar-refractivity contribution is 5.74. The second-order valence-electron chi connectivity index (χ2n) is 7.28. The summed E-state index contributed by atoms with van der Waals surface area (Å²) in [5.74, 6) is 0. The van der Waals surface area contributed by atoms with Crippen molar-refractivity contribution >= 4 is 6.03 Å². The van der Waals surface area contributed by atoms with E-state index in [2.05, 4.69) is 53.6 Å². The second-order valence-corrected chi connectivity index (χ2v) is 7.28. The van der Waals surface area contributed by atoms with E-state index in [1.54, 1.807) is 0 Å². The van der Waals surface area contributed by atoms with Gasteiger partial charge in [0.15, 0.2) is 0 Å². The summed E-state index contributed by atoms with van der Waals surface area (Å²) in [7, 11) is 0. The van der Waals surface area contributed by atoms with Crippen LogP contribution in [0.25, 0.3) is 0 Å². The fourth-order valence-corrected chi connectivity index (χ4v) is 3.19. The molecule has 0 spiro atoms. The lowest BCUT2D eigenvalue weighted by Gasteiger charge is -2.26. The molecule has 5 heteroatoms. The molecule has 0 saturated carbocycles. The number of unbranched alkanes of at least 4 members (excludes halogenated alkanes) is 3. The summed E-state index contributed by atoms with van der Waals surface area (Å²) in [5.41, 5.74) is 2.43. The van der Waals surface area contributed by atoms with E-state index in [1.165, 1.54) is 31.2 Å². The van der Waals surface area contributed by atoms with Crippen LogP contribution in [-0.2, 0) is 17.8 Å². The van der Waals surface area contributed by atoms with Crippen molar-refractivity contribution in [3.63, 3.8) is 0 Å². The maximum Gasteiger partial charge on any atom is 0.315 e. The van der Waals surface area contributed by atoms with E-state index in [-0.39, 0.29) is 12.1 Å². The summed E-state index contributed by atoms with van der Waals surface area (Å²) < 4.78 is 5.38. The highest BCUT2D eigenvalue weighted by atomic mass is 16.5. The predicted molar refractivity (Wildman–Crippen MR) is 106 cm³/mol. The van der Waals surface area contributed by atoms with Gasteiger partial charge < -0.3 is 15.4 Å². The molecule has 1 aliphatic heterocycles. The Morgan fingerprint density at radius 3 is 2.50 bits per heavy atom. The highest BCUT2D eigenvalue weighted by Crippen LogP contribution is 2.09. The predicted octanol–water partition coefficient (Wildman–Crippen LogP) is 3.68. The molecule has 1 aliphatic rings. The molecular formula is C21H35N3O2. The van der Waals surface area contributed by atoms with Gasteiger partial charge in [0, 0.05) is 32.2 Å². The molecule has 1 aromatic carbocycles. The van der Waals surface area contributed by atoms with Gasteiger partial charge in [-0.1, -0.05) is 56.9 Å². The molecule has 2 amide bonds. The molecule has 1 unspecified atom stereocenters. The quantitative estimate of drug-likeness (QED) is 0.625. The van der Waals surface area contributed by atoms with Crippen molar-refractivity contribution in [2.45, 2.75) is 65.1 Å². The number of nitrogens with zero attached hydrogens (tertiary/aromatic N) is 1. The normalized spacial score (nSPS) is 16.2. The van der Waals surface area contributed by atoms with Gasteiger partial charge in [0.05, 0.1) is 13.2 Å². The molecule has 0 bridgehead atoms. The number of carbonyl (C=O) groups excluding carboxylic acids is 1. The maximum absolute atomic E-state index is 12.0. The van der Waals surface area contributed by atoms with Gasteiger partial charge in [0.25, 0.3) is 0 Å². The molecule has 5 nitrogen and oxygen atoms in total. The Hall–Kier alpha value is -1.59. The smallest absolute Gasteiger partial charge is 0.315 e. The van der Waals surface area contributed by atoms with Crippen LogP contribution >= 0.6 is 0 Å². The average molecular weight is 362 g/mol. The molecule has 2 N–H and O–H groups in total. The van der Waals surface area contributed by atoms with E-state index in [0.29, 0.717) is 6.54 Å². The number of ether oxygens (including phenoxy) is 1. The van der Waals surface area contributed by atoms with Crippen molar-refractivity contribution in [3.05, 3.63) is 35.4 Å². The molecule has 0 aromatic heterocycles. The van der Waals surface area contributed by atoms with Gasteiger partial charge in [-0.15, -0.1) is 0 Å². The minimum Gasteiger partial charge on any atom is -0.379 e. The lowest BCUT2D eigenvalue weighted by molar-refractivity contribution is 0.0342. The standard InChI is InChI=1S/C21H35N3O2/c1-3-4-5-6-7-18(2)23-21(25)22-16-19-8-10-20(11-9-19)17-24-12-14-26-15-13-24/h8-11,18H,3-7,12-17H2,1-2H3,(H2,22,23,25). The fourth-order valence-electron chi connectivity index (χ4n) is 3.19. The van der Waals surface area contributed by atoms with E-state index in [0.717, 1.165) is 44.8 Å². The number of benzene rings is 1. The van der Waals surface area contributed by atoms with Gasteiger partial charge in [0.2, 0.25) is 0 Å². The van der Waals surface area contributed by atoms with E-state index in [1.807, 2.05) is 0 Å².